The van der Waals surface area contributed by atoms with Gasteiger partial charge in [-0.1, -0.05) is 18.4 Å². The lowest BCUT2D eigenvalue weighted by molar-refractivity contribution is -0.125. The van der Waals surface area contributed by atoms with E-state index in [-0.39, 0.29) is 11.8 Å². The average molecular weight is 417 g/mol. The van der Waals surface area contributed by atoms with Crippen molar-refractivity contribution in [1.82, 2.24) is 19.5 Å². The summed E-state index contributed by atoms with van der Waals surface area (Å²) in [5.41, 5.74) is 9.26. The number of fused-ring (bicyclic) bond motifs is 1. The highest BCUT2D eigenvalue weighted by Crippen LogP contribution is 2.31. The van der Waals surface area contributed by atoms with E-state index < -0.39 is 0 Å². The first-order valence-corrected chi connectivity index (χ1v) is 9.82. The lowest BCUT2D eigenvalue weighted by Gasteiger charge is -2.14. The molecule has 158 valence electrons. The third kappa shape index (κ3) is 3.90. The summed E-state index contributed by atoms with van der Waals surface area (Å²) in [5.74, 6) is 8.08. The lowest BCUT2D eigenvalue weighted by Crippen LogP contribution is -2.26. The second-order valence-corrected chi connectivity index (χ2v) is 7.21. The maximum Gasteiger partial charge on any atom is 0.245 e. The highest BCUT2D eigenvalue weighted by atomic mass is 16.5. The Kier molecular flexibility index (Phi) is 5.50. The van der Waals surface area contributed by atoms with Crippen LogP contribution in [0.2, 0.25) is 0 Å². The van der Waals surface area contributed by atoms with Gasteiger partial charge in [0.05, 0.1) is 19.8 Å². The van der Waals surface area contributed by atoms with Gasteiger partial charge in [-0.05, 0) is 30.7 Å². The minimum Gasteiger partial charge on any atom is -0.497 e. The molecule has 31 heavy (non-hydrogen) atoms. The molecule has 2 aromatic heterocycles. The van der Waals surface area contributed by atoms with Crippen molar-refractivity contribution in [2.45, 2.75) is 12.3 Å². The number of anilines is 1. The van der Waals surface area contributed by atoms with Crippen LogP contribution in [-0.4, -0.2) is 52.7 Å². The van der Waals surface area contributed by atoms with E-state index >= 15 is 0 Å². The second kappa shape index (κ2) is 8.40. The number of methoxy groups -OCH3 is 2. The number of nitrogens with two attached hydrogens (primary N) is 1. The first-order chi connectivity index (χ1) is 15.0. The third-order valence-corrected chi connectivity index (χ3v) is 5.40. The van der Waals surface area contributed by atoms with E-state index in [9.17, 15) is 4.79 Å². The summed E-state index contributed by atoms with van der Waals surface area (Å²) in [5, 5.41) is 4.40. The van der Waals surface area contributed by atoms with E-state index in [0.29, 0.717) is 35.9 Å². The Morgan fingerprint density at radius 1 is 1.23 bits per heavy atom. The predicted molar refractivity (Wildman–Crippen MR) is 117 cm³/mol. The van der Waals surface area contributed by atoms with Gasteiger partial charge in [0.15, 0.2) is 5.82 Å². The van der Waals surface area contributed by atoms with Gasteiger partial charge in [-0.15, -0.1) is 0 Å². The van der Waals surface area contributed by atoms with Gasteiger partial charge in [-0.3, -0.25) is 4.79 Å². The molecule has 3 heterocycles. The van der Waals surface area contributed by atoms with Crippen LogP contribution in [-0.2, 0) is 4.79 Å². The fraction of sp³-hybridized carbons (Fsp3) is 0.261. The van der Waals surface area contributed by atoms with Gasteiger partial charge in [0.25, 0.3) is 0 Å². The van der Waals surface area contributed by atoms with Crippen LogP contribution in [0.25, 0.3) is 5.52 Å². The predicted octanol–water partition coefficient (Wildman–Crippen LogP) is 2.23. The molecule has 0 radical (unpaired) electrons. The van der Waals surface area contributed by atoms with Gasteiger partial charge < -0.3 is 20.1 Å². The molecule has 0 spiro atoms. The van der Waals surface area contributed by atoms with Crippen LogP contribution in [0.3, 0.4) is 0 Å². The van der Waals surface area contributed by atoms with Crippen LogP contribution in [0.4, 0.5) is 5.82 Å². The van der Waals surface area contributed by atoms with Crippen molar-refractivity contribution >= 4 is 17.2 Å². The monoisotopic (exact) mass is 417 g/mol. The normalized spacial score (nSPS) is 15.4. The summed E-state index contributed by atoms with van der Waals surface area (Å²) in [6.45, 7) is 4.85. The van der Waals surface area contributed by atoms with E-state index in [1.165, 1.54) is 12.4 Å². The molecule has 1 atom stereocenters. The summed E-state index contributed by atoms with van der Waals surface area (Å²) in [7, 11) is 3.19. The smallest absolute Gasteiger partial charge is 0.245 e. The Balaban J connectivity index is 1.75. The molecule has 0 aliphatic carbocycles. The molecule has 2 N–H and O–H groups in total. The highest BCUT2D eigenvalue weighted by Gasteiger charge is 2.29. The molecule has 1 aliphatic rings. The van der Waals surface area contributed by atoms with Crippen LogP contribution in [0.1, 0.15) is 29.2 Å². The molecule has 1 aromatic carbocycles. The summed E-state index contributed by atoms with van der Waals surface area (Å²) >= 11 is 0. The van der Waals surface area contributed by atoms with Crippen LogP contribution >= 0.6 is 0 Å². The van der Waals surface area contributed by atoms with Gasteiger partial charge in [0.1, 0.15) is 23.3 Å². The zero-order chi connectivity index (χ0) is 22.0. The van der Waals surface area contributed by atoms with Gasteiger partial charge >= 0.3 is 0 Å². The minimum atomic E-state index is -0.0653. The second-order valence-electron chi connectivity index (χ2n) is 7.21. The number of nitrogens with zero attached hydrogens (tertiary/aromatic N) is 4. The van der Waals surface area contributed by atoms with Crippen LogP contribution in [0.5, 0.6) is 11.5 Å². The molecule has 1 fully saturated rings. The van der Waals surface area contributed by atoms with Crippen molar-refractivity contribution in [3.63, 3.8) is 0 Å². The number of aromatic nitrogens is 3. The molecule has 0 bridgehead atoms. The van der Waals surface area contributed by atoms with Crippen molar-refractivity contribution < 1.29 is 14.3 Å². The van der Waals surface area contributed by atoms with Crippen molar-refractivity contribution in [2.24, 2.45) is 0 Å². The molecule has 1 unspecified atom stereocenters. The SMILES string of the molecule is C=CC(=O)N1CCC(c2cc(C#Cc3cc(OC)cc(OC)c3)c3c(N)ncnn23)C1. The van der Waals surface area contributed by atoms with E-state index in [1.54, 1.807) is 29.7 Å². The molecular weight excluding hydrogens is 394 g/mol. The summed E-state index contributed by atoms with van der Waals surface area (Å²) in [6, 6.07) is 7.45. The Labute approximate surface area is 180 Å². The summed E-state index contributed by atoms with van der Waals surface area (Å²) < 4.78 is 12.4. The Hall–Kier alpha value is -3.99. The van der Waals surface area contributed by atoms with Gasteiger partial charge in [-0.25, -0.2) is 9.50 Å². The van der Waals surface area contributed by atoms with Gasteiger partial charge in [0, 0.05) is 36.3 Å². The zero-order valence-electron chi connectivity index (χ0n) is 17.5. The molecular formula is C23H23N5O3. The molecule has 1 amide bonds. The number of amides is 1. The summed E-state index contributed by atoms with van der Waals surface area (Å²) in [6.07, 6.45) is 3.60. The van der Waals surface area contributed by atoms with E-state index in [1.807, 2.05) is 18.2 Å². The maximum atomic E-state index is 12.0. The number of carbonyl (C=O) groups excluding carboxylic acids is 1. The topological polar surface area (TPSA) is 95.0 Å². The zero-order valence-corrected chi connectivity index (χ0v) is 17.5. The van der Waals surface area contributed by atoms with E-state index in [0.717, 1.165) is 23.2 Å². The Morgan fingerprint density at radius 2 is 1.97 bits per heavy atom. The average Bonchev–Trinajstić information content (AvgIpc) is 3.42. The van der Waals surface area contributed by atoms with Crippen molar-refractivity contribution in [2.75, 3.05) is 33.0 Å². The summed E-state index contributed by atoms with van der Waals surface area (Å²) in [4.78, 5) is 17.9. The Morgan fingerprint density at radius 3 is 2.65 bits per heavy atom. The van der Waals surface area contributed by atoms with Crippen molar-refractivity contribution in [1.29, 1.82) is 0 Å². The standard InChI is InChI=1S/C23H23N5O3/c1-4-21(29)27-8-7-17(13-27)20-11-16(22-23(24)25-14-26-28(20)22)6-5-15-9-18(30-2)12-19(10-15)31-3/h4,9-12,14,17H,1,7-8,13H2,2-3H3,(H2,24,25,26). The van der Waals surface area contributed by atoms with Gasteiger partial charge in [-0.2, -0.15) is 5.10 Å². The molecule has 4 rings (SSSR count). The first-order valence-electron chi connectivity index (χ1n) is 9.82. The van der Waals surface area contributed by atoms with E-state index in [2.05, 4.69) is 28.5 Å². The van der Waals surface area contributed by atoms with Crippen LogP contribution < -0.4 is 15.2 Å². The number of likely N-dealkylation sites (tertiary alicyclic amines) is 1. The van der Waals surface area contributed by atoms with Gasteiger partial charge in [0.2, 0.25) is 5.91 Å². The lowest BCUT2D eigenvalue weighted by atomic mass is 10.0. The fourth-order valence-electron chi connectivity index (χ4n) is 3.83. The quantitative estimate of drug-likeness (QED) is 0.517. The number of benzene rings is 1. The number of hydrogen-bond acceptors (Lipinski definition) is 6. The number of hydrogen-bond donors (Lipinski definition) is 1. The molecule has 0 saturated carbocycles. The first kappa shape index (κ1) is 20.3. The third-order valence-electron chi connectivity index (χ3n) is 5.40. The molecule has 8 nitrogen and oxygen atoms in total. The number of rotatable bonds is 4. The fourth-order valence-corrected chi connectivity index (χ4v) is 3.83. The molecule has 3 aromatic rings. The minimum absolute atomic E-state index is 0.0653. The van der Waals surface area contributed by atoms with Crippen molar-refractivity contribution in [3.05, 3.63) is 60.1 Å². The molecule has 8 heteroatoms. The Bertz CT molecular complexity index is 1200. The largest absolute Gasteiger partial charge is 0.497 e. The van der Waals surface area contributed by atoms with Crippen molar-refractivity contribution in [3.8, 4) is 23.3 Å². The maximum absolute atomic E-state index is 12.0. The van der Waals surface area contributed by atoms with Crippen LogP contribution in [0.15, 0.2) is 43.2 Å². The van der Waals surface area contributed by atoms with Crippen LogP contribution in [0, 0.1) is 11.8 Å². The van der Waals surface area contributed by atoms with E-state index in [4.69, 9.17) is 15.2 Å². The number of carbonyl (C=O) groups is 1. The molecule has 1 aliphatic heterocycles. The number of nitrogen functional groups attached to an aromatic ring is 1. The highest BCUT2D eigenvalue weighted by molar-refractivity contribution is 5.87. The molecule has 1 saturated heterocycles. The number of ether oxygens (including phenoxy) is 2.